The lowest BCUT2D eigenvalue weighted by atomic mass is 9.77. The molecule has 5 rings (SSSR count). The van der Waals surface area contributed by atoms with E-state index in [-0.39, 0.29) is 49.5 Å². The second-order valence-corrected chi connectivity index (χ2v) is 10.1. The number of carbonyl (C=O) groups excluding carboxylic acids is 1. The number of aromatic nitrogens is 7. The topological polar surface area (TPSA) is 149 Å². The number of carbonyl (C=O) groups is 1. The summed E-state index contributed by atoms with van der Waals surface area (Å²) in [6.07, 6.45) is 4.24. The largest absolute Gasteiger partial charge is 0.393 e. The second kappa shape index (κ2) is 9.43. The van der Waals surface area contributed by atoms with E-state index in [2.05, 4.69) is 25.5 Å². The van der Waals surface area contributed by atoms with E-state index in [0.717, 1.165) is 0 Å². The number of nitrogens with one attached hydrogen (secondary N) is 1. The van der Waals surface area contributed by atoms with Crippen LogP contribution in [0.2, 0.25) is 0 Å². The van der Waals surface area contributed by atoms with E-state index in [1.54, 1.807) is 12.4 Å². The minimum atomic E-state index is -2.70. The van der Waals surface area contributed by atoms with Crippen LogP contribution in [0.4, 0.5) is 8.78 Å². The van der Waals surface area contributed by atoms with Crippen LogP contribution in [0.25, 0.3) is 5.78 Å². The number of aliphatic hydroxyl groups excluding tert-OH is 1. The van der Waals surface area contributed by atoms with Crippen molar-refractivity contribution in [2.75, 3.05) is 6.54 Å². The van der Waals surface area contributed by atoms with E-state index >= 15 is 0 Å². The molecule has 0 aromatic carbocycles. The average molecular weight is 504 g/mol. The summed E-state index contributed by atoms with van der Waals surface area (Å²) >= 11 is 0. The summed E-state index contributed by atoms with van der Waals surface area (Å²) in [5.41, 5.74) is 6.78. The van der Waals surface area contributed by atoms with Gasteiger partial charge in [0.25, 0.3) is 11.7 Å². The van der Waals surface area contributed by atoms with E-state index in [9.17, 15) is 18.7 Å². The molecule has 0 bridgehead atoms. The highest BCUT2D eigenvalue weighted by Crippen LogP contribution is 2.44. The van der Waals surface area contributed by atoms with Gasteiger partial charge in [0.15, 0.2) is 5.82 Å². The van der Waals surface area contributed by atoms with Crippen LogP contribution in [0.5, 0.6) is 0 Å². The van der Waals surface area contributed by atoms with Gasteiger partial charge in [0.1, 0.15) is 0 Å². The standard InChI is InChI=1S/C23H31F2N9O2/c1-12(2)34-21(19(26)36)31-20(32-34)18(13-3-6-23(24,25)7-4-13)17-11-33-22(30-17)29-16(10-28-33)15-9-14(35)5-8-27-15/h10-15,18,27,35H,3-9H2,1-2H3,(H2,26,36)/t14-,15-,18-/m0/s1. The third-order valence-electron chi connectivity index (χ3n) is 7.15. The highest BCUT2D eigenvalue weighted by atomic mass is 19.3. The van der Waals surface area contributed by atoms with E-state index in [1.165, 1.54) is 9.20 Å². The maximum Gasteiger partial charge on any atom is 0.286 e. The van der Waals surface area contributed by atoms with Gasteiger partial charge in [-0.25, -0.2) is 32.9 Å². The number of fused-ring (bicyclic) bond motifs is 1. The van der Waals surface area contributed by atoms with Crippen molar-refractivity contribution in [1.82, 2.24) is 39.7 Å². The first-order chi connectivity index (χ1) is 17.1. The maximum absolute atomic E-state index is 14.0. The van der Waals surface area contributed by atoms with Gasteiger partial charge in [0.05, 0.1) is 41.8 Å². The van der Waals surface area contributed by atoms with Gasteiger partial charge in [-0.05, 0) is 52.0 Å². The second-order valence-electron chi connectivity index (χ2n) is 10.1. The molecule has 13 heteroatoms. The van der Waals surface area contributed by atoms with Crippen molar-refractivity contribution in [3.63, 3.8) is 0 Å². The number of alkyl halides is 2. The van der Waals surface area contributed by atoms with Crippen LogP contribution in [-0.4, -0.2) is 63.9 Å². The summed E-state index contributed by atoms with van der Waals surface area (Å²) in [6, 6.07) is -0.306. The normalized spacial score (nSPS) is 23.8. The molecular formula is C23H31F2N9O2. The molecule has 1 saturated heterocycles. The number of piperidine rings is 1. The summed E-state index contributed by atoms with van der Waals surface area (Å²) in [5, 5.41) is 22.4. The van der Waals surface area contributed by atoms with Crippen molar-refractivity contribution in [2.24, 2.45) is 11.7 Å². The fraction of sp³-hybridized carbons (Fsp3) is 0.652. The molecule has 1 saturated carbocycles. The molecule has 4 N–H and O–H groups in total. The van der Waals surface area contributed by atoms with Gasteiger partial charge < -0.3 is 16.2 Å². The van der Waals surface area contributed by atoms with Crippen LogP contribution >= 0.6 is 0 Å². The van der Waals surface area contributed by atoms with Gasteiger partial charge in [0.2, 0.25) is 11.7 Å². The monoisotopic (exact) mass is 503 g/mol. The molecule has 1 aliphatic heterocycles. The molecule has 4 heterocycles. The van der Waals surface area contributed by atoms with E-state index in [4.69, 9.17) is 10.7 Å². The Labute approximate surface area is 206 Å². The number of nitrogens with two attached hydrogens (primary N) is 1. The molecule has 3 aromatic heterocycles. The Morgan fingerprint density at radius 2 is 1.97 bits per heavy atom. The first-order valence-electron chi connectivity index (χ1n) is 12.4. The molecule has 2 fully saturated rings. The van der Waals surface area contributed by atoms with Gasteiger partial charge in [-0.1, -0.05) is 0 Å². The minimum absolute atomic E-state index is 0.0235. The van der Waals surface area contributed by atoms with Gasteiger partial charge in [-0.2, -0.15) is 10.2 Å². The maximum atomic E-state index is 14.0. The number of hydrogen-bond acceptors (Lipinski definition) is 8. The summed E-state index contributed by atoms with van der Waals surface area (Å²) in [7, 11) is 0. The molecule has 1 aliphatic carbocycles. The number of amides is 1. The zero-order valence-corrected chi connectivity index (χ0v) is 20.3. The smallest absolute Gasteiger partial charge is 0.286 e. The van der Waals surface area contributed by atoms with Crippen molar-refractivity contribution in [2.45, 2.75) is 82.4 Å². The molecule has 2 aliphatic rings. The highest BCUT2D eigenvalue weighted by molar-refractivity contribution is 5.89. The fourth-order valence-corrected chi connectivity index (χ4v) is 5.23. The number of aliphatic hydroxyl groups is 1. The molecule has 3 atom stereocenters. The Balaban J connectivity index is 1.54. The van der Waals surface area contributed by atoms with Crippen LogP contribution < -0.4 is 11.1 Å². The molecule has 36 heavy (non-hydrogen) atoms. The Morgan fingerprint density at radius 3 is 2.61 bits per heavy atom. The molecule has 11 nitrogen and oxygen atoms in total. The lowest BCUT2D eigenvalue weighted by Gasteiger charge is -2.31. The van der Waals surface area contributed by atoms with Crippen molar-refractivity contribution in [3.8, 4) is 0 Å². The number of primary amides is 1. The summed E-state index contributed by atoms with van der Waals surface area (Å²) < 4.78 is 31.0. The zero-order valence-electron chi connectivity index (χ0n) is 20.3. The van der Waals surface area contributed by atoms with E-state index < -0.39 is 23.9 Å². The summed E-state index contributed by atoms with van der Waals surface area (Å²) in [4.78, 5) is 25.9. The number of nitrogens with zero attached hydrogens (tertiary/aromatic N) is 7. The molecule has 0 spiro atoms. The Hall–Kier alpha value is -3.06. The summed E-state index contributed by atoms with van der Waals surface area (Å²) in [5.74, 6) is -3.42. The Kier molecular flexibility index (Phi) is 6.45. The SMILES string of the molecule is CC(C)n1nc([C@H](c2cn3ncc([C@@H]4C[C@@H](O)CCN4)nc3n2)C2CCC(F)(F)CC2)nc1C(N)=O. The van der Waals surface area contributed by atoms with Crippen LogP contribution in [0.3, 0.4) is 0 Å². The first kappa shape index (κ1) is 24.6. The lowest BCUT2D eigenvalue weighted by Crippen LogP contribution is -2.34. The molecule has 0 radical (unpaired) electrons. The van der Waals surface area contributed by atoms with Gasteiger partial charge in [0, 0.05) is 18.9 Å². The van der Waals surface area contributed by atoms with Crippen molar-refractivity contribution in [3.05, 3.63) is 35.4 Å². The number of halogens is 2. The van der Waals surface area contributed by atoms with Crippen LogP contribution in [-0.2, 0) is 0 Å². The van der Waals surface area contributed by atoms with Crippen LogP contribution in [0, 0.1) is 5.92 Å². The first-order valence-corrected chi connectivity index (χ1v) is 12.4. The van der Waals surface area contributed by atoms with Gasteiger partial charge in [-0.15, -0.1) is 0 Å². The minimum Gasteiger partial charge on any atom is -0.393 e. The number of rotatable bonds is 6. The molecule has 3 aromatic rings. The van der Waals surface area contributed by atoms with Crippen molar-refractivity contribution >= 4 is 11.7 Å². The Bertz CT molecular complexity index is 1250. The van der Waals surface area contributed by atoms with Crippen molar-refractivity contribution < 1.29 is 18.7 Å². The fourth-order valence-electron chi connectivity index (χ4n) is 5.23. The molecule has 194 valence electrons. The van der Waals surface area contributed by atoms with Crippen LogP contribution in [0.15, 0.2) is 12.4 Å². The Morgan fingerprint density at radius 1 is 1.22 bits per heavy atom. The molecule has 1 amide bonds. The average Bonchev–Trinajstić information content (AvgIpc) is 3.45. The third kappa shape index (κ3) is 4.81. The molecular weight excluding hydrogens is 472 g/mol. The number of imidazole rings is 1. The van der Waals surface area contributed by atoms with E-state index in [0.29, 0.717) is 42.4 Å². The van der Waals surface area contributed by atoms with Crippen molar-refractivity contribution in [1.29, 1.82) is 0 Å². The quantitative estimate of drug-likeness (QED) is 0.463. The lowest BCUT2D eigenvalue weighted by molar-refractivity contribution is -0.0476. The third-order valence-corrected chi connectivity index (χ3v) is 7.15. The molecule has 0 unspecified atom stereocenters. The van der Waals surface area contributed by atoms with Gasteiger partial charge in [-0.3, -0.25) is 4.79 Å². The predicted molar refractivity (Wildman–Crippen MR) is 124 cm³/mol. The highest BCUT2D eigenvalue weighted by Gasteiger charge is 2.41. The predicted octanol–water partition coefficient (Wildman–Crippen LogP) is 2.14. The van der Waals surface area contributed by atoms with Gasteiger partial charge >= 0.3 is 0 Å². The zero-order chi connectivity index (χ0) is 25.6. The summed E-state index contributed by atoms with van der Waals surface area (Å²) in [6.45, 7) is 4.40. The number of hydrogen-bond donors (Lipinski definition) is 3. The van der Waals surface area contributed by atoms with E-state index in [1.807, 2.05) is 13.8 Å². The van der Waals surface area contributed by atoms with Crippen LogP contribution in [0.1, 0.15) is 98.2 Å².